The lowest BCUT2D eigenvalue weighted by Gasteiger charge is -2.50. The fourth-order valence-corrected chi connectivity index (χ4v) is 4.34. The summed E-state index contributed by atoms with van der Waals surface area (Å²) in [5.41, 5.74) is 4.91. The summed E-state index contributed by atoms with van der Waals surface area (Å²) in [4.78, 5) is 0. The van der Waals surface area contributed by atoms with Crippen molar-refractivity contribution in [2.75, 3.05) is 0 Å². The average molecular weight is 260 g/mol. The van der Waals surface area contributed by atoms with Crippen LogP contribution in [0, 0.1) is 18.3 Å². The molecule has 0 aromatic carbocycles. The topological polar surface area (TPSA) is 28.7 Å². The zero-order chi connectivity index (χ0) is 13.5. The molecule has 106 valence electrons. The second kappa shape index (κ2) is 4.96. The summed E-state index contributed by atoms with van der Waals surface area (Å²) in [5, 5.41) is 7.94. The molecular weight excluding hydrogens is 232 g/mol. The minimum atomic E-state index is 0.707. The van der Waals surface area contributed by atoms with Gasteiger partial charge in [-0.1, -0.05) is 33.1 Å². The first kappa shape index (κ1) is 13.2. The summed E-state index contributed by atoms with van der Waals surface area (Å²) in [5.74, 6) is 1.45. The van der Waals surface area contributed by atoms with Crippen LogP contribution in [0.5, 0.6) is 0 Å². The SMILES string of the molecule is Cc1c(C2CC3(CCCCC3)C2)n[nH]c1CC(C)C. The van der Waals surface area contributed by atoms with Gasteiger partial charge in [0.1, 0.15) is 0 Å². The molecular formula is C17H28N2. The molecule has 1 spiro atoms. The van der Waals surface area contributed by atoms with Gasteiger partial charge in [0.25, 0.3) is 0 Å². The second-order valence-corrected chi connectivity index (χ2v) is 7.48. The molecule has 2 nitrogen and oxygen atoms in total. The van der Waals surface area contributed by atoms with Gasteiger partial charge in [0.2, 0.25) is 0 Å². The largest absolute Gasteiger partial charge is 0.282 e. The molecule has 2 fully saturated rings. The third kappa shape index (κ3) is 2.46. The first-order valence-corrected chi connectivity index (χ1v) is 8.13. The van der Waals surface area contributed by atoms with Crippen LogP contribution in [0.15, 0.2) is 0 Å². The Labute approximate surface area is 117 Å². The standard InChI is InChI=1S/C17H28N2/c1-12(2)9-15-13(3)16(19-18-15)14-10-17(11-14)7-5-4-6-8-17/h12,14H,4-11H2,1-3H3,(H,18,19). The van der Waals surface area contributed by atoms with Gasteiger partial charge in [-0.15, -0.1) is 0 Å². The highest BCUT2D eigenvalue weighted by atomic mass is 15.1. The van der Waals surface area contributed by atoms with E-state index < -0.39 is 0 Å². The van der Waals surface area contributed by atoms with Gasteiger partial charge < -0.3 is 0 Å². The van der Waals surface area contributed by atoms with Crippen LogP contribution < -0.4 is 0 Å². The van der Waals surface area contributed by atoms with Gasteiger partial charge in [0.05, 0.1) is 5.69 Å². The van der Waals surface area contributed by atoms with Crippen LogP contribution >= 0.6 is 0 Å². The number of aromatic nitrogens is 2. The van der Waals surface area contributed by atoms with Crippen molar-refractivity contribution in [2.24, 2.45) is 11.3 Å². The van der Waals surface area contributed by atoms with E-state index in [0.29, 0.717) is 11.3 Å². The number of rotatable bonds is 3. The van der Waals surface area contributed by atoms with Crippen molar-refractivity contribution in [3.8, 4) is 0 Å². The van der Waals surface area contributed by atoms with Crippen LogP contribution in [-0.4, -0.2) is 10.2 Å². The van der Waals surface area contributed by atoms with Gasteiger partial charge >= 0.3 is 0 Å². The Morgan fingerprint density at radius 1 is 1.21 bits per heavy atom. The van der Waals surface area contributed by atoms with E-state index in [4.69, 9.17) is 0 Å². The molecule has 0 aliphatic heterocycles. The highest BCUT2D eigenvalue weighted by Gasteiger charge is 2.46. The molecule has 19 heavy (non-hydrogen) atoms. The van der Waals surface area contributed by atoms with Crippen LogP contribution in [-0.2, 0) is 6.42 Å². The van der Waals surface area contributed by atoms with E-state index in [1.54, 1.807) is 0 Å². The summed E-state index contributed by atoms with van der Waals surface area (Å²) < 4.78 is 0. The minimum absolute atomic E-state index is 0.707. The average Bonchev–Trinajstić information content (AvgIpc) is 2.68. The monoisotopic (exact) mass is 260 g/mol. The zero-order valence-electron chi connectivity index (χ0n) is 12.8. The maximum atomic E-state index is 4.64. The number of nitrogens with zero attached hydrogens (tertiary/aromatic N) is 1. The number of nitrogens with one attached hydrogen (secondary N) is 1. The Hall–Kier alpha value is -0.790. The summed E-state index contributed by atoms with van der Waals surface area (Å²) in [7, 11) is 0. The lowest BCUT2D eigenvalue weighted by atomic mass is 9.55. The third-order valence-corrected chi connectivity index (χ3v) is 5.42. The Kier molecular flexibility index (Phi) is 3.44. The van der Waals surface area contributed by atoms with Gasteiger partial charge in [-0.2, -0.15) is 5.10 Å². The van der Waals surface area contributed by atoms with E-state index in [-0.39, 0.29) is 0 Å². The summed E-state index contributed by atoms with van der Waals surface area (Å²) in [6, 6.07) is 0. The van der Waals surface area contributed by atoms with Crippen molar-refractivity contribution in [1.29, 1.82) is 0 Å². The Morgan fingerprint density at radius 2 is 1.89 bits per heavy atom. The normalized spacial score (nSPS) is 22.9. The quantitative estimate of drug-likeness (QED) is 0.835. The smallest absolute Gasteiger partial charge is 0.0685 e. The predicted molar refractivity (Wildman–Crippen MR) is 79.4 cm³/mol. The molecule has 2 heteroatoms. The lowest BCUT2D eigenvalue weighted by Crippen LogP contribution is -2.37. The molecule has 1 heterocycles. The molecule has 1 N–H and O–H groups in total. The summed E-state index contributed by atoms with van der Waals surface area (Å²) in [6.45, 7) is 6.82. The Bertz CT molecular complexity index is 430. The second-order valence-electron chi connectivity index (χ2n) is 7.48. The van der Waals surface area contributed by atoms with Crippen LogP contribution in [0.3, 0.4) is 0 Å². The van der Waals surface area contributed by atoms with E-state index in [0.717, 1.165) is 12.3 Å². The Morgan fingerprint density at radius 3 is 2.53 bits per heavy atom. The van der Waals surface area contributed by atoms with E-state index in [1.807, 2.05) is 0 Å². The minimum Gasteiger partial charge on any atom is -0.282 e. The van der Waals surface area contributed by atoms with E-state index in [1.165, 1.54) is 61.9 Å². The Balaban J connectivity index is 1.66. The molecule has 0 atom stereocenters. The van der Waals surface area contributed by atoms with Crippen LogP contribution in [0.4, 0.5) is 0 Å². The zero-order valence-corrected chi connectivity index (χ0v) is 12.8. The van der Waals surface area contributed by atoms with Crippen molar-refractivity contribution in [1.82, 2.24) is 10.2 Å². The van der Waals surface area contributed by atoms with Crippen molar-refractivity contribution < 1.29 is 0 Å². The van der Waals surface area contributed by atoms with Gasteiger partial charge in [0, 0.05) is 11.6 Å². The maximum Gasteiger partial charge on any atom is 0.0685 e. The van der Waals surface area contributed by atoms with E-state index in [2.05, 4.69) is 31.0 Å². The summed E-state index contributed by atoms with van der Waals surface area (Å²) >= 11 is 0. The van der Waals surface area contributed by atoms with Crippen molar-refractivity contribution in [3.63, 3.8) is 0 Å². The van der Waals surface area contributed by atoms with Crippen molar-refractivity contribution in [3.05, 3.63) is 17.0 Å². The van der Waals surface area contributed by atoms with Gasteiger partial charge in [0.15, 0.2) is 0 Å². The van der Waals surface area contributed by atoms with Gasteiger partial charge in [-0.25, -0.2) is 0 Å². The molecule has 2 saturated carbocycles. The van der Waals surface area contributed by atoms with Gasteiger partial charge in [-0.3, -0.25) is 5.10 Å². The summed E-state index contributed by atoms with van der Waals surface area (Å²) in [6.07, 6.45) is 11.3. The van der Waals surface area contributed by atoms with Crippen LogP contribution in [0.2, 0.25) is 0 Å². The fourth-order valence-electron chi connectivity index (χ4n) is 4.34. The van der Waals surface area contributed by atoms with Crippen LogP contribution in [0.25, 0.3) is 0 Å². The molecule has 0 bridgehead atoms. The van der Waals surface area contributed by atoms with Gasteiger partial charge in [-0.05, 0) is 55.9 Å². The maximum absolute atomic E-state index is 4.64. The molecule has 0 amide bonds. The molecule has 2 aliphatic rings. The highest BCUT2D eigenvalue weighted by Crippen LogP contribution is 2.58. The fraction of sp³-hybridized carbons (Fsp3) is 0.824. The number of hydrogen-bond acceptors (Lipinski definition) is 1. The number of aromatic amines is 1. The van der Waals surface area contributed by atoms with Crippen LogP contribution in [0.1, 0.15) is 81.7 Å². The first-order chi connectivity index (χ1) is 9.10. The third-order valence-electron chi connectivity index (χ3n) is 5.42. The molecule has 1 aromatic heterocycles. The van der Waals surface area contributed by atoms with E-state index in [9.17, 15) is 0 Å². The molecule has 0 unspecified atom stereocenters. The first-order valence-electron chi connectivity index (χ1n) is 8.13. The van der Waals surface area contributed by atoms with Crippen molar-refractivity contribution >= 4 is 0 Å². The van der Waals surface area contributed by atoms with E-state index >= 15 is 0 Å². The molecule has 1 aromatic rings. The van der Waals surface area contributed by atoms with Crippen molar-refractivity contribution in [2.45, 2.75) is 78.1 Å². The molecule has 3 rings (SSSR count). The predicted octanol–water partition coefficient (Wildman–Crippen LogP) is 4.74. The highest BCUT2D eigenvalue weighted by molar-refractivity contribution is 5.29. The number of H-pyrrole nitrogens is 1. The lowest BCUT2D eigenvalue weighted by molar-refractivity contribution is 0.0504. The molecule has 0 saturated heterocycles. The number of hydrogen-bond donors (Lipinski definition) is 1. The molecule has 0 radical (unpaired) electrons. The molecule has 2 aliphatic carbocycles.